The van der Waals surface area contributed by atoms with Gasteiger partial charge in [0.2, 0.25) is 0 Å². The third-order valence-electron chi connectivity index (χ3n) is 7.88. The van der Waals surface area contributed by atoms with E-state index in [-0.39, 0.29) is 23.6 Å². The van der Waals surface area contributed by atoms with Gasteiger partial charge in [0.25, 0.3) is 11.2 Å². The predicted molar refractivity (Wildman–Crippen MR) is 177 cm³/mol. The van der Waals surface area contributed by atoms with Crippen LogP contribution in [-0.4, -0.2) is 36.3 Å². The van der Waals surface area contributed by atoms with Gasteiger partial charge < -0.3 is 18.6 Å². The van der Waals surface area contributed by atoms with E-state index in [4.69, 9.17) is 23.6 Å². The summed E-state index contributed by atoms with van der Waals surface area (Å²) in [6.45, 7) is 3.90. The van der Waals surface area contributed by atoms with Gasteiger partial charge in [-0.1, -0.05) is 55.0 Å². The number of allylic oxidation sites excluding steroid dienone is 1. The van der Waals surface area contributed by atoms with E-state index in [0.717, 1.165) is 17.2 Å². The molecule has 0 N–H and O–H groups in total. The highest BCUT2D eigenvalue weighted by molar-refractivity contribution is 7.07. The Labute approximate surface area is 272 Å². The molecular weight excluding hydrogens is 622 g/mol. The number of ether oxygens (including phenoxy) is 3. The van der Waals surface area contributed by atoms with Crippen LogP contribution in [0.15, 0.2) is 92.2 Å². The molecule has 11 nitrogen and oxygen atoms in total. The van der Waals surface area contributed by atoms with Crippen molar-refractivity contribution in [2.45, 2.75) is 32.7 Å². The average molecular weight is 654 g/mol. The van der Waals surface area contributed by atoms with Gasteiger partial charge in [-0.2, -0.15) is 0 Å². The van der Waals surface area contributed by atoms with E-state index in [0.29, 0.717) is 55.4 Å². The van der Waals surface area contributed by atoms with E-state index in [9.17, 15) is 19.7 Å². The molecule has 47 heavy (non-hydrogen) atoms. The van der Waals surface area contributed by atoms with Crippen molar-refractivity contribution in [3.63, 3.8) is 0 Å². The minimum absolute atomic E-state index is 0.111. The Balaban J connectivity index is 1.56. The van der Waals surface area contributed by atoms with E-state index in [1.165, 1.54) is 35.1 Å². The van der Waals surface area contributed by atoms with Crippen molar-refractivity contribution in [1.29, 1.82) is 0 Å². The summed E-state index contributed by atoms with van der Waals surface area (Å²) < 4.78 is 24.7. The largest absolute Gasteiger partial charge is 0.496 e. The average Bonchev–Trinajstić information content (AvgIpc) is 3.67. The summed E-state index contributed by atoms with van der Waals surface area (Å²) in [4.78, 5) is 44.1. The summed E-state index contributed by atoms with van der Waals surface area (Å²) in [6.07, 6.45) is 2.84. The van der Waals surface area contributed by atoms with E-state index in [1.54, 1.807) is 38.3 Å². The first kappa shape index (κ1) is 31.5. The summed E-state index contributed by atoms with van der Waals surface area (Å²) >= 11 is 1.19. The summed E-state index contributed by atoms with van der Waals surface area (Å²) in [5.41, 5.74) is 1.57. The zero-order valence-electron chi connectivity index (χ0n) is 26.1. The minimum atomic E-state index is -0.869. The second-order valence-corrected chi connectivity index (χ2v) is 11.7. The number of rotatable bonds is 10. The molecular formula is C35H31N3O8S. The molecule has 2 aromatic heterocycles. The fraction of sp³-hybridized carbons (Fsp3) is 0.229. The summed E-state index contributed by atoms with van der Waals surface area (Å²) in [5.74, 6) is 1.04. The molecule has 12 heteroatoms. The van der Waals surface area contributed by atoms with Crippen LogP contribution in [-0.2, 0) is 9.53 Å². The smallest absolute Gasteiger partial charge is 0.338 e. The van der Waals surface area contributed by atoms with Crippen molar-refractivity contribution in [3.05, 3.63) is 119 Å². The first-order valence-electron chi connectivity index (χ1n) is 15.0. The van der Waals surface area contributed by atoms with Gasteiger partial charge in [-0.15, -0.1) is 0 Å². The third-order valence-corrected chi connectivity index (χ3v) is 8.86. The second-order valence-electron chi connectivity index (χ2n) is 10.7. The third kappa shape index (κ3) is 5.72. The summed E-state index contributed by atoms with van der Waals surface area (Å²) in [7, 11) is 2.98. The zero-order chi connectivity index (χ0) is 33.2. The highest BCUT2D eigenvalue weighted by atomic mass is 32.1. The number of nitrogens with zero attached hydrogens (tertiary/aromatic N) is 3. The maximum Gasteiger partial charge on any atom is 0.338 e. The molecule has 0 spiro atoms. The van der Waals surface area contributed by atoms with Crippen molar-refractivity contribution in [1.82, 2.24) is 4.57 Å². The lowest BCUT2D eigenvalue weighted by molar-refractivity contribution is -0.384. The van der Waals surface area contributed by atoms with Gasteiger partial charge in [-0.3, -0.25) is 19.5 Å². The number of esters is 1. The van der Waals surface area contributed by atoms with Crippen LogP contribution >= 0.6 is 11.3 Å². The lowest BCUT2D eigenvalue weighted by Gasteiger charge is -2.28. The van der Waals surface area contributed by atoms with Crippen LogP contribution in [0.4, 0.5) is 5.69 Å². The molecule has 0 aliphatic carbocycles. The predicted octanol–water partition coefficient (Wildman–Crippen LogP) is 5.92. The molecule has 240 valence electrons. The van der Waals surface area contributed by atoms with Gasteiger partial charge in [0.05, 0.1) is 53.2 Å². The van der Waals surface area contributed by atoms with Crippen molar-refractivity contribution < 1.29 is 28.3 Å². The fourth-order valence-corrected chi connectivity index (χ4v) is 6.83. The quantitative estimate of drug-likeness (QED) is 0.103. The van der Waals surface area contributed by atoms with Gasteiger partial charge >= 0.3 is 5.97 Å². The topological polar surface area (TPSA) is 135 Å². The van der Waals surface area contributed by atoms with Gasteiger partial charge in [0.1, 0.15) is 29.1 Å². The van der Waals surface area contributed by atoms with Crippen molar-refractivity contribution >= 4 is 39.8 Å². The Hall–Kier alpha value is -5.49. The van der Waals surface area contributed by atoms with Crippen LogP contribution in [0.25, 0.3) is 28.2 Å². The maximum absolute atomic E-state index is 14.3. The number of carbonyl (C=O) groups excluding carboxylic acids is 1. The van der Waals surface area contributed by atoms with Crippen LogP contribution in [0.5, 0.6) is 11.5 Å². The number of hydrogen-bond acceptors (Lipinski definition) is 10. The molecule has 5 aromatic rings. The second kappa shape index (κ2) is 13.1. The minimum Gasteiger partial charge on any atom is -0.496 e. The molecule has 0 saturated carbocycles. The number of carbonyl (C=O) groups is 1. The number of non-ortho nitro benzene ring substituents is 1. The van der Waals surface area contributed by atoms with Gasteiger partial charge in [0, 0.05) is 17.7 Å². The molecule has 1 aliphatic heterocycles. The van der Waals surface area contributed by atoms with Gasteiger partial charge in [0.15, 0.2) is 4.80 Å². The molecule has 0 bridgehead atoms. The van der Waals surface area contributed by atoms with Crippen LogP contribution in [0.3, 0.4) is 0 Å². The van der Waals surface area contributed by atoms with E-state index in [2.05, 4.69) is 0 Å². The summed E-state index contributed by atoms with van der Waals surface area (Å²) in [6, 6.07) is 18.3. The Morgan fingerprint density at radius 2 is 1.85 bits per heavy atom. The number of aromatic nitrogens is 1. The monoisotopic (exact) mass is 653 g/mol. The highest BCUT2D eigenvalue weighted by Crippen LogP contribution is 2.41. The Morgan fingerprint density at radius 3 is 2.57 bits per heavy atom. The molecule has 3 aromatic carbocycles. The molecule has 1 unspecified atom stereocenters. The molecule has 0 fully saturated rings. The SMILES string of the molecule is CCCC1=C(C(=O)OCC)C(c2c(OC)ccc3ccccc23)n2c(s/c(=C\c3ccc(-c4ccc([N+](=O)[O-])cc4OC)o3)c2=O)=N1. The Morgan fingerprint density at radius 1 is 1.06 bits per heavy atom. The number of methoxy groups -OCH3 is 2. The van der Waals surface area contributed by atoms with E-state index in [1.807, 2.05) is 43.3 Å². The van der Waals surface area contributed by atoms with Crippen LogP contribution in [0, 0.1) is 10.1 Å². The van der Waals surface area contributed by atoms with E-state index < -0.39 is 16.9 Å². The highest BCUT2D eigenvalue weighted by Gasteiger charge is 2.37. The molecule has 6 rings (SSSR count). The number of fused-ring (bicyclic) bond motifs is 2. The lowest BCUT2D eigenvalue weighted by Crippen LogP contribution is -2.40. The molecule has 3 heterocycles. The number of hydrogen-bond donors (Lipinski definition) is 0. The first-order chi connectivity index (χ1) is 22.8. The van der Waals surface area contributed by atoms with Crippen LogP contribution < -0.4 is 24.4 Å². The molecule has 0 saturated heterocycles. The lowest BCUT2D eigenvalue weighted by atomic mass is 9.90. The molecule has 0 radical (unpaired) electrons. The number of nitro benzene ring substituents is 1. The van der Waals surface area contributed by atoms with Gasteiger partial charge in [-0.25, -0.2) is 9.79 Å². The zero-order valence-corrected chi connectivity index (χ0v) is 27.0. The standard InChI is InChI=1S/C35H31N3O8S/c1-5-9-25-31(34(40)45-6-2)32(30-23-11-8-7-10-20(23)12-16-27(30)43-3)37-33(39)29(47-35(37)36-25)19-22-14-17-26(46-22)24-15-13-21(38(41)42)18-28(24)44-4/h7-8,10-19,32H,5-6,9H2,1-4H3/b29-19-. The Bertz CT molecular complexity index is 2240. The molecule has 0 amide bonds. The normalized spacial score (nSPS) is 14.6. The number of benzene rings is 3. The fourth-order valence-electron chi connectivity index (χ4n) is 5.83. The van der Waals surface area contributed by atoms with Crippen molar-refractivity contribution in [2.24, 2.45) is 4.99 Å². The number of thiazole rings is 1. The Kier molecular flexibility index (Phi) is 8.77. The molecule has 1 aliphatic rings. The van der Waals surface area contributed by atoms with Gasteiger partial charge in [-0.05, 0) is 48.4 Å². The van der Waals surface area contributed by atoms with Crippen LogP contribution in [0.1, 0.15) is 44.1 Å². The molecule has 1 atom stereocenters. The summed E-state index contributed by atoms with van der Waals surface area (Å²) in [5, 5.41) is 13.0. The van der Waals surface area contributed by atoms with Crippen LogP contribution in [0.2, 0.25) is 0 Å². The number of furan rings is 1. The number of nitro groups is 1. The van der Waals surface area contributed by atoms with Crippen molar-refractivity contribution in [3.8, 4) is 22.8 Å². The first-order valence-corrected chi connectivity index (χ1v) is 15.8. The maximum atomic E-state index is 14.3. The van der Waals surface area contributed by atoms with E-state index >= 15 is 0 Å². The van der Waals surface area contributed by atoms with Crippen molar-refractivity contribution in [2.75, 3.05) is 20.8 Å².